The minimum absolute atomic E-state index is 0.167. The zero-order valence-electron chi connectivity index (χ0n) is 15.9. The second kappa shape index (κ2) is 8.45. The lowest BCUT2D eigenvalue weighted by molar-refractivity contribution is -0.132. The van der Waals surface area contributed by atoms with Crippen molar-refractivity contribution in [2.45, 2.75) is 51.5 Å². The van der Waals surface area contributed by atoms with Crippen molar-refractivity contribution >= 4 is 5.91 Å². The highest BCUT2D eigenvalue weighted by atomic mass is 16.5. The Morgan fingerprint density at radius 1 is 1.27 bits per heavy atom. The smallest absolute Gasteiger partial charge is 0.227 e. The minimum Gasteiger partial charge on any atom is -0.343 e. The van der Waals surface area contributed by atoms with Crippen LogP contribution in [0, 0.1) is 0 Å². The van der Waals surface area contributed by atoms with Gasteiger partial charge in [-0.05, 0) is 31.4 Å². The third kappa shape index (κ3) is 4.49. The van der Waals surface area contributed by atoms with E-state index >= 15 is 0 Å². The van der Waals surface area contributed by atoms with Gasteiger partial charge in [0.15, 0.2) is 0 Å². The molecule has 0 spiro atoms. The van der Waals surface area contributed by atoms with E-state index in [2.05, 4.69) is 41.4 Å². The normalized spacial score (nSPS) is 15.6. The SMILES string of the molecule is CNC1CCN(C(=O)CCc2nc(-c3ccc(C(C)C)cc3)no2)CC1. The lowest BCUT2D eigenvalue weighted by Crippen LogP contribution is -2.44. The second-order valence-electron chi connectivity index (χ2n) is 7.23. The maximum Gasteiger partial charge on any atom is 0.227 e. The Morgan fingerprint density at radius 2 is 1.96 bits per heavy atom. The Bertz CT molecular complexity index is 716. The molecule has 6 nitrogen and oxygen atoms in total. The van der Waals surface area contributed by atoms with Crippen molar-refractivity contribution in [1.29, 1.82) is 0 Å². The van der Waals surface area contributed by atoms with Gasteiger partial charge in [0.2, 0.25) is 17.6 Å². The van der Waals surface area contributed by atoms with Crippen LogP contribution in [0.4, 0.5) is 0 Å². The number of rotatable bonds is 6. The van der Waals surface area contributed by atoms with Gasteiger partial charge in [-0.2, -0.15) is 4.98 Å². The van der Waals surface area contributed by atoms with Crippen LogP contribution in [0.2, 0.25) is 0 Å². The first-order valence-electron chi connectivity index (χ1n) is 9.44. The highest BCUT2D eigenvalue weighted by molar-refractivity contribution is 5.76. The average molecular weight is 356 g/mol. The van der Waals surface area contributed by atoms with E-state index in [0.717, 1.165) is 31.5 Å². The number of benzene rings is 1. The largest absolute Gasteiger partial charge is 0.343 e. The van der Waals surface area contributed by atoms with Crippen molar-refractivity contribution in [3.05, 3.63) is 35.7 Å². The van der Waals surface area contributed by atoms with Gasteiger partial charge in [0, 0.05) is 37.5 Å². The molecule has 1 N–H and O–H groups in total. The average Bonchev–Trinajstić information content (AvgIpc) is 3.15. The summed E-state index contributed by atoms with van der Waals surface area (Å²) in [6.07, 6.45) is 2.93. The summed E-state index contributed by atoms with van der Waals surface area (Å²) >= 11 is 0. The summed E-state index contributed by atoms with van der Waals surface area (Å²) in [6, 6.07) is 8.74. The van der Waals surface area contributed by atoms with E-state index in [0.29, 0.717) is 36.5 Å². The van der Waals surface area contributed by atoms with Gasteiger partial charge in [0.25, 0.3) is 0 Å². The lowest BCUT2D eigenvalue weighted by Gasteiger charge is -2.31. The van der Waals surface area contributed by atoms with Gasteiger partial charge in [-0.1, -0.05) is 43.3 Å². The van der Waals surface area contributed by atoms with Gasteiger partial charge in [-0.15, -0.1) is 0 Å². The Morgan fingerprint density at radius 3 is 2.58 bits per heavy atom. The fourth-order valence-corrected chi connectivity index (χ4v) is 3.28. The van der Waals surface area contributed by atoms with Crippen LogP contribution in [0.5, 0.6) is 0 Å². The molecule has 3 rings (SSSR count). The summed E-state index contributed by atoms with van der Waals surface area (Å²) in [4.78, 5) is 18.7. The summed E-state index contributed by atoms with van der Waals surface area (Å²) in [5.74, 6) is 1.76. The zero-order valence-corrected chi connectivity index (χ0v) is 15.9. The van der Waals surface area contributed by atoms with Gasteiger partial charge in [-0.25, -0.2) is 0 Å². The Balaban J connectivity index is 1.53. The van der Waals surface area contributed by atoms with Crippen molar-refractivity contribution < 1.29 is 9.32 Å². The van der Waals surface area contributed by atoms with E-state index in [9.17, 15) is 4.79 Å². The minimum atomic E-state index is 0.167. The van der Waals surface area contributed by atoms with Crippen LogP contribution in [0.15, 0.2) is 28.8 Å². The third-order valence-corrected chi connectivity index (χ3v) is 5.11. The molecule has 2 aromatic rings. The van der Waals surface area contributed by atoms with E-state index < -0.39 is 0 Å². The number of hydrogen-bond donors (Lipinski definition) is 1. The third-order valence-electron chi connectivity index (χ3n) is 5.11. The van der Waals surface area contributed by atoms with Crippen molar-refractivity contribution in [1.82, 2.24) is 20.4 Å². The molecule has 2 heterocycles. The molecule has 1 aliphatic heterocycles. The van der Waals surface area contributed by atoms with Crippen LogP contribution in [-0.2, 0) is 11.2 Å². The Labute approximate surface area is 155 Å². The fourth-order valence-electron chi connectivity index (χ4n) is 3.28. The van der Waals surface area contributed by atoms with Gasteiger partial charge in [0.05, 0.1) is 0 Å². The van der Waals surface area contributed by atoms with E-state index in [1.54, 1.807) is 0 Å². The number of carbonyl (C=O) groups is 1. The van der Waals surface area contributed by atoms with Crippen LogP contribution in [0.25, 0.3) is 11.4 Å². The highest BCUT2D eigenvalue weighted by Gasteiger charge is 2.22. The van der Waals surface area contributed by atoms with E-state index in [4.69, 9.17) is 4.52 Å². The van der Waals surface area contributed by atoms with Crippen LogP contribution in [0.1, 0.15) is 50.5 Å². The number of nitrogens with one attached hydrogen (secondary N) is 1. The molecule has 1 fully saturated rings. The van der Waals surface area contributed by atoms with Gasteiger partial charge in [-0.3, -0.25) is 4.79 Å². The first-order chi connectivity index (χ1) is 12.6. The van der Waals surface area contributed by atoms with Crippen molar-refractivity contribution in [3.63, 3.8) is 0 Å². The molecule has 1 saturated heterocycles. The molecule has 26 heavy (non-hydrogen) atoms. The molecule has 0 radical (unpaired) electrons. The van der Waals surface area contributed by atoms with Crippen molar-refractivity contribution in [2.24, 2.45) is 0 Å². The Hall–Kier alpha value is -2.21. The maximum absolute atomic E-state index is 12.4. The number of amides is 1. The van der Waals surface area contributed by atoms with Crippen molar-refractivity contribution in [2.75, 3.05) is 20.1 Å². The molecule has 1 amide bonds. The summed E-state index contributed by atoms with van der Waals surface area (Å²) in [7, 11) is 1.98. The lowest BCUT2D eigenvalue weighted by atomic mass is 10.0. The van der Waals surface area contributed by atoms with Crippen LogP contribution >= 0.6 is 0 Å². The molecule has 0 unspecified atom stereocenters. The van der Waals surface area contributed by atoms with Crippen LogP contribution < -0.4 is 5.32 Å². The molecule has 0 saturated carbocycles. The molecular formula is C20H28N4O2. The number of piperidine rings is 1. The summed E-state index contributed by atoms with van der Waals surface area (Å²) in [6.45, 7) is 5.97. The van der Waals surface area contributed by atoms with Gasteiger partial charge in [0.1, 0.15) is 0 Å². The molecule has 1 aromatic carbocycles. The Kier molecular flexibility index (Phi) is 6.04. The topological polar surface area (TPSA) is 71.3 Å². The molecule has 0 bridgehead atoms. The predicted octanol–water partition coefficient (Wildman–Crippen LogP) is 3.00. The standard InChI is InChI=1S/C20H28N4O2/c1-14(2)15-4-6-16(7-5-15)20-22-18(26-23-20)8-9-19(25)24-12-10-17(21-3)11-13-24/h4-7,14,17,21H,8-13H2,1-3H3. The zero-order chi connectivity index (χ0) is 18.5. The number of aromatic nitrogens is 2. The molecule has 0 atom stereocenters. The number of likely N-dealkylation sites (tertiary alicyclic amines) is 1. The molecule has 0 aliphatic carbocycles. The fraction of sp³-hybridized carbons (Fsp3) is 0.550. The maximum atomic E-state index is 12.4. The summed E-state index contributed by atoms with van der Waals surface area (Å²) < 4.78 is 5.33. The predicted molar refractivity (Wildman–Crippen MR) is 101 cm³/mol. The van der Waals surface area contributed by atoms with E-state index in [1.807, 2.05) is 24.1 Å². The second-order valence-corrected chi connectivity index (χ2v) is 7.23. The molecule has 140 valence electrons. The van der Waals surface area contributed by atoms with Crippen molar-refractivity contribution in [3.8, 4) is 11.4 Å². The number of aryl methyl sites for hydroxylation is 1. The summed E-state index contributed by atoms with van der Waals surface area (Å²) in [5.41, 5.74) is 2.22. The van der Waals surface area contributed by atoms with Crippen LogP contribution in [0.3, 0.4) is 0 Å². The summed E-state index contributed by atoms with van der Waals surface area (Å²) in [5, 5.41) is 7.33. The van der Waals surface area contributed by atoms with Crippen LogP contribution in [-0.4, -0.2) is 47.1 Å². The first kappa shape index (κ1) is 18.6. The molecular weight excluding hydrogens is 328 g/mol. The highest BCUT2D eigenvalue weighted by Crippen LogP contribution is 2.21. The van der Waals surface area contributed by atoms with E-state index in [1.165, 1.54) is 5.56 Å². The quantitative estimate of drug-likeness (QED) is 0.861. The monoisotopic (exact) mass is 356 g/mol. The molecule has 1 aromatic heterocycles. The number of hydrogen-bond acceptors (Lipinski definition) is 5. The van der Waals surface area contributed by atoms with Gasteiger partial charge >= 0.3 is 0 Å². The molecule has 6 heteroatoms. The number of carbonyl (C=O) groups excluding carboxylic acids is 1. The number of nitrogens with zero attached hydrogens (tertiary/aromatic N) is 3. The molecule has 1 aliphatic rings. The van der Waals surface area contributed by atoms with E-state index in [-0.39, 0.29) is 5.91 Å². The van der Waals surface area contributed by atoms with Gasteiger partial charge < -0.3 is 14.7 Å². The first-order valence-corrected chi connectivity index (χ1v) is 9.44.